The standard InChI is InChI=1S/C11H20O2/c1-8(10(2,3)4)9(12)13-11(5,6)7/h1H2,2-7H3. The Labute approximate surface area is 81.0 Å². The van der Waals surface area contributed by atoms with Crippen LogP contribution < -0.4 is 0 Å². The van der Waals surface area contributed by atoms with Crippen molar-refractivity contribution in [1.29, 1.82) is 0 Å². The summed E-state index contributed by atoms with van der Waals surface area (Å²) in [5.41, 5.74) is -0.143. The third kappa shape index (κ3) is 4.71. The average molecular weight is 184 g/mol. The van der Waals surface area contributed by atoms with Crippen molar-refractivity contribution in [2.24, 2.45) is 5.41 Å². The van der Waals surface area contributed by atoms with Crippen LogP contribution >= 0.6 is 0 Å². The Morgan fingerprint density at radius 1 is 1.08 bits per heavy atom. The fraction of sp³-hybridized carbons (Fsp3) is 0.727. The van der Waals surface area contributed by atoms with E-state index in [1.165, 1.54) is 0 Å². The molecule has 2 heteroatoms. The number of hydrogen-bond donors (Lipinski definition) is 0. The van der Waals surface area contributed by atoms with Crippen LogP contribution in [0.1, 0.15) is 41.5 Å². The van der Waals surface area contributed by atoms with Gasteiger partial charge in [0.1, 0.15) is 5.60 Å². The van der Waals surface area contributed by atoms with Crippen LogP contribution in [0.4, 0.5) is 0 Å². The van der Waals surface area contributed by atoms with Gasteiger partial charge in [-0.3, -0.25) is 0 Å². The van der Waals surface area contributed by atoms with E-state index in [1.54, 1.807) is 0 Å². The Morgan fingerprint density at radius 3 is 1.69 bits per heavy atom. The lowest BCUT2D eigenvalue weighted by Gasteiger charge is -2.25. The van der Waals surface area contributed by atoms with Crippen LogP contribution in [0.5, 0.6) is 0 Å². The van der Waals surface area contributed by atoms with E-state index in [9.17, 15) is 4.79 Å². The minimum Gasteiger partial charge on any atom is -0.457 e. The first kappa shape index (κ1) is 12.2. The summed E-state index contributed by atoms with van der Waals surface area (Å²) in [6, 6.07) is 0. The van der Waals surface area contributed by atoms with Gasteiger partial charge in [-0.05, 0) is 26.2 Å². The average Bonchev–Trinajstić information content (AvgIpc) is 1.79. The number of carbonyl (C=O) groups is 1. The molecule has 0 unspecified atom stereocenters. The molecular formula is C11H20O2. The molecule has 0 aliphatic rings. The summed E-state index contributed by atoms with van der Waals surface area (Å²) in [4.78, 5) is 11.5. The molecule has 0 rings (SSSR count). The molecule has 0 heterocycles. The molecule has 0 saturated heterocycles. The van der Waals surface area contributed by atoms with Gasteiger partial charge in [-0.25, -0.2) is 4.79 Å². The van der Waals surface area contributed by atoms with Gasteiger partial charge in [0.05, 0.1) is 0 Å². The second-order valence-corrected chi connectivity index (χ2v) is 5.23. The van der Waals surface area contributed by atoms with E-state index in [4.69, 9.17) is 4.74 Å². The van der Waals surface area contributed by atoms with Crippen molar-refractivity contribution >= 4 is 5.97 Å². The lowest BCUT2D eigenvalue weighted by molar-refractivity contribution is -0.150. The van der Waals surface area contributed by atoms with Gasteiger partial charge in [0.2, 0.25) is 0 Å². The van der Waals surface area contributed by atoms with E-state index in [1.807, 2.05) is 41.5 Å². The molecule has 2 nitrogen and oxygen atoms in total. The van der Waals surface area contributed by atoms with Gasteiger partial charge >= 0.3 is 5.97 Å². The molecule has 0 atom stereocenters. The lowest BCUT2D eigenvalue weighted by atomic mass is 9.87. The minimum absolute atomic E-state index is 0.220. The summed E-state index contributed by atoms with van der Waals surface area (Å²) in [6.45, 7) is 15.1. The van der Waals surface area contributed by atoms with E-state index in [0.717, 1.165) is 0 Å². The molecule has 0 amide bonds. The van der Waals surface area contributed by atoms with E-state index in [0.29, 0.717) is 5.57 Å². The normalized spacial score (nSPS) is 12.5. The summed E-state index contributed by atoms with van der Waals surface area (Å²) < 4.78 is 5.19. The maximum absolute atomic E-state index is 11.5. The van der Waals surface area contributed by atoms with Gasteiger partial charge in [-0.2, -0.15) is 0 Å². The van der Waals surface area contributed by atoms with E-state index in [2.05, 4.69) is 6.58 Å². The highest BCUT2D eigenvalue weighted by molar-refractivity contribution is 5.89. The molecule has 0 fully saturated rings. The molecule has 13 heavy (non-hydrogen) atoms. The van der Waals surface area contributed by atoms with Gasteiger partial charge in [-0.1, -0.05) is 27.4 Å². The number of ether oxygens (including phenoxy) is 1. The molecule has 0 radical (unpaired) electrons. The summed E-state index contributed by atoms with van der Waals surface area (Å²) in [5, 5.41) is 0. The first-order chi connectivity index (χ1) is 5.54. The van der Waals surface area contributed by atoms with Crippen LogP contribution in [0.15, 0.2) is 12.2 Å². The third-order valence-electron chi connectivity index (χ3n) is 1.55. The van der Waals surface area contributed by atoms with Gasteiger partial charge in [0.25, 0.3) is 0 Å². The predicted octanol–water partition coefficient (Wildman–Crippen LogP) is 2.93. The fourth-order valence-corrected chi connectivity index (χ4v) is 0.646. The molecule has 0 aliphatic carbocycles. The van der Waals surface area contributed by atoms with Crippen molar-refractivity contribution in [2.45, 2.75) is 47.1 Å². The second kappa shape index (κ2) is 3.52. The van der Waals surface area contributed by atoms with E-state index in [-0.39, 0.29) is 11.4 Å². The van der Waals surface area contributed by atoms with Crippen molar-refractivity contribution < 1.29 is 9.53 Å². The minimum atomic E-state index is -0.439. The molecule has 0 bridgehead atoms. The third-order valence-corrected chi connectivity index (χ3v) is 1.55. The van der Waals surface area contributed by atoms with E-state index >= 15 is 0 Å². The van der Waals surface area contributed by atoms with Crippen molar-refractivity contribution in [3.05, 3.63) is 12.2 Å². The fourth-order valence-electron chi connectivity index (χ4n) is 0.646. The maximum atomic E-state index is 11.5. The number of rotatable bonds is 1. The molecule has 0 aromatic heterocycles. The SMILES string of the molecule is C=C(C(=O)OC(C)(C)C)C(C)(C)C. The summed E-state index contributed by atoms with van der Waals surface area (Å²) in [6.07, 6.45) is 0. The van der Waals surface area contributed by atoms with Crippen LogP contribution in [0.2, 0.25) is 0 Å². The number of carbonyl (C=O) groups excluding carboxylic acids is 1. The van der Waals surface area contributed by atoms with Crippen LogP contribution in [-0.2, 0) is 9.53 Å². The molecule has 0 aromatic rings. The van der Waals surface area contributed by atoms with E-state index < -0.39 is 5.60 Å². The first-order valence-corrected chi connectivity index (χ1v) is 4.47. The molecular weight excluding hydrogens is 164 g/mol. The van der Waals surface area contributed by atoms with Crippen molar-refractivity contribution in [3.63, 3.8) is 0 Å². The van der Waals surface area contributed by atoms with Crippen LogP contribution in [0.3, 0.4) is 0 Å². The van der Waals surface area contributed by atoms with Gasteiger partial charge in [0.15, 0.2) is 0 Å². The monoisotopic (exact) mass is 184 g/mol. The Kier molecular flexibility index (Phi) is 3.31. The predicted molar refractivity (Wildman–Crippen MR) is 54.4 cm³/mol. The summed E-state index contributed by atoms with van der Waals surface area (Å²) in [5.74, 6) is -0.306. The smallest absolute Gasteiger partial charge is 0.334 e. The van der Waals surface area contributed by atoms with Crippen LogP contribution in [0.25, 0.3) is 0 Å². The topological polar surface area (TPSA) is 26.3 Å². The summed E-state index contributed by atoms with van der Waals surface area (Å²) >= 11 is 0. The number of esters is 1. The highest BCUT2D eigenvalue weighted by Crippen LogP contribution is 2.25. The van der Waals surface area contributed by atoms with Crippen molar-refractivity contribution in [2.75, 3.05) is 0 Å². The zero-order chi connectivity index (χ0) is 10.9. The summed E-state index contributed by atoms with van der Waals surface area (Å²) in [7, 11) is 0. The highest BCUT2D eigenvalue weighted by Gasteiger charge is 2.26. The lowest BCUT2D eigenvalue weighted by Crippen LogP contribution is -2.28. The van der Waals surface area contributed by atoms with Gasteiger partial charge < -0.3 is 4.74 Å². The Morgan fingerprint density at radius 2 is 1.46 bits per heavy atom. The molecule has 0 aliphatic heterocycles. The maximum Gasteiger partial charge on any atom is 0.334 e. The Bertz CT molecular complexity index is 213. The zero-order valence-electron chi connectivity index (χ0n) is 9.52. The highest BCUT2D eigenvalue weighted by atomic mass is 16.6. The Balaban J connectivity index is 4.40. The first-order valence-electron chi connectivity index (χ1n) is 4.47. The van der Waals surface area contributed by atoms with Crippen molar-refractivity contribution in [1.82, 2.24) is 0 Å². The number of hydrogen-bond acceptors (Lipinski definition) is 2. The van der Waals surface area contributed by atoms with Crippen LogP contribution in [0, 0.1) is 5.41 Å². The second-order valence-electron chi connectivity index (χ2n) is 5.23. The van der Waals surface area contributed by atoms with Crippen LogP contribution in [-0.4, -0.2) is 11.6 Å². The molecule has 0 N–H and O–H groups in total. The Hall–Kier alpha value is -0.790. The van der Waals surface area contributed by atoms with Crippen molar-refractivity contribution in [3.8, 4) is 0 Å². The molecule has 76 valence electrons. The largest absolute Gasteiger partial charge is 0.457 e. The molecule has 0 saturated carbocycles. The quantitative estimate of drug-likeness (QED) is 0.462. The van der Waals surface area contributed by atoms with Gasteiger partial charge in [0, 0.05) is 5.57 Å². The van der Waals surface area contributed by atoms with Gasteiger partial charge in [-0.15, -0.1) is 0 Å². The molecule has 0 spiro atoms. The molecule has 0 aromatic carbocycles. The zero-order valence-corrected chi connectivity index (χ0v) is 9.52.